The molecular formula is C14H17ClN2O2. The van der Waals surface area contributed by atoms with E-state index in [1.165, 1.54) is 0 Å². The third-order valence-corrected chi connectivity index (χ3v) is 3.75. The fraction of sp³-hybridized carbons (Fsp3) is 0.500. The number of hydrogen-bond acceptors (Lipinski definition) is 3. The molecule has 0 spiro atoms. The van der Waals surface area contributed by atoms with Gasteiger partial charge in [-0.15, -0.1) is 11.6 Å². The molecule has 2 heterocycles. The molecule has 1 fully saturated rings. The molecule has 5 heteroatoms. The Morgan fingerprint density at radius 3 is 3.11 bits per heavy atom. The number of benzene rings is 1. The lowest BCUT2D eigenvalue weighted by Gasteiger charge is -2.14. The van der Waals surface area contributed by atoms with Crippen LogP contribution in [0, 0.1) is 0 Å². The molecule has 0 radical (unpaired) electrons. The van der Waals surface area contributed by atoms with Crippen molar-refractivity contribution < 1.29 is 9.47 Å². The van der Waals surface area contributed by atoms with E-state index in [0.29, 0.717) is 11.9 Å². The molecule has 3 rings (SSSR count). The van der Waals surface area contributed by atoms with Crippen LogP contribution in [-0.2, 0) is 11.2 Å². The predicted molar refractivity (Wildman–Crippen MR) is 75.2 cm³/mol. The summed E-state index contributed by atoms with van der Waals surface area (Å²) in [6, 6.07) is 6.38. The van der Waals surface area contributed by atoms with Crippen LogP contribution in [-0.4, -0.2) is 35.8 Å². The van der Waals surface area contributed by atoms with Crippen molar-refractivity contribution in [1.29, 1.82) is 0 Å². The van der Waals surface area contributed by atoms with Crippen molar-refractivity contribution in [3.63, 3.8) is 0 Å². The zero-order valence-corrected chi connectivity index (χ0v) is 11.7. The van der Waals surface area contributed by atoms with E-state index < -0.39 is 0 Å². The van der Waals surface area contributed by atoms with Crippen molar-refractivity contribution in [2.75, 3.05) is 26.2 Å². The van der Waals surface area contributed by atoms with Crippen LogP contribution in [0.5, 0.6) is 5.75 Å². The molecule has 1 unspecified atom stereocenters. The van der Waals surface area contributed by atoms with Gasteiger partial charge in [-0.25, -0.2) is 4.98 Å². The maximum atomic E-state index is 5.90. The van der Waals surface area contributed by atoms with Gasteiger partial charge in [-0.1, -0.05) is 6.07 Å². The van der Waals surface area contributed by atoms with Gasteiger partial charge in [0.05, 0.1) is 25.3 Å². The van der Waals surface area contributed by atoms with Crippen LogP contribution < -0.4 is 4.74 Å². The third kappa shape index (κ3) is 2.19. The lowest BCUT2D eigenvalue weighted by Crippen LogP contribution is -2.12. The summed E-state index contributed by atoms with van der Waals surface area (Å²) in [7, 11) is 1.67. The largest absolute Gasteiger partial charge is 0.494 e. The minimum Gasteiger partial charge on any atom is -0.494 e. The van der Waals surface area contributed by atoms with E-state index >= 15 is 0 Å². The monoisotopic (exact) mass is 280 g/mol. The van der Waals surface area contributed by atoms with Gasteiger partial charge in [-0.2, -0.15) is 0 Å². The van der Waals surface area contributed by atoms with Crippen molar-refractivity contribution >= 4 is 22.6 Å². The smallest absolute Gasteiger partial charge is 0.146 e. The van der Waals surface area contributed by atoms with Gasteiger partial charge < -0.3 is 14.0 Å². The zero-order chi connectivity index (χ0) is 13.2. The lowest BCUT2D eigenvalue weighted by molar-refractivity contribution is 0.186. The van der Waals surface area contributed by atoms with Crippen LogP contribution >= 0.6 is 11.6 Å². The Hall–Kier alpha value is -1.26. The van der Waals surface area contributed by atoms with Gasteiger partial charge in [0, 0.05) is 18.9 Å². The SMILES string of the molecule is COc1cccc2c1nc(CCCl)n2C1CCOC1. The number of alkyl halides is 1. The Balaban J connectivity index is 2.17. The fourth-order valence-corrected chi connectivity index (χ4v) is 2.87. The number of fused-ring (bicyclic) bond motifs is 1. The molecule has 1 aliphatic rings. The summed E-state index contributed by atoms with van der Waals surface area (Å²) in [5.41, 5.74) is 2.02. The maximum Gasteiger partial charge on any atom is 0.146 e. The fourth-order valence-electron chi connectivity index (χ4n) is 2.70. The summed E-state index contributed by atoms with van der Waals surface area (Å²) in [5.74, 6) is 2.40. The number of para-hydroxylation sites is 1. The molecule has 0 saturated carbocycles. The number of methoxy groups -OCH3 is 1. The average molecular weight is 281 g/mol. The second-order valence-corrected chi connectivity index (χ2v) is 5.06. The summed E-state index contributed by atoms with van der Waals surface area (Å²) in [5, 5.41) is 0. The highest BCUT2D eigenvalue weighted by Crippen LogP contribution is 2.31. The lowest BCUT2D eigenvalue weighted by atomic mass is 10.2. The number of aryl methyl sites for hydroxylation is 1. The standard InChI is InChI=1S/C14H17ClN2O2/c1-18-12-4-2-3-11-14(12)16-13(5-7-15)17(11)10-6-8-19-9-10/h2-4,10H,5-9H2,1H3. The van der Waals surface area contributed by atoms with Crippen LogP contribution in [0.4, 0.5) is 0 Å². The molecule has 1 saturated heterocycles. The van der Waals surface area contributed by atoms with Gasteiger partial charge in [0.1, 0.15) is 17.1 Å². The number of halogens is 1. The second-order valence-electron chi connectivity index (χ2n) is 4.68. The summed E-state index contributed by atoms with van der Waals surface area (Å²) in [6.45, 7) is 1.56. The molecule has 0 N–H and O–H groups in total. The first-order valence-corrected chi connectivity index (χ1v) is 7.06. The Bertz CT molecular complexity index is 576. The molecule has 102 valence electrons. The Kier molecular flexibility index (Phi) is 3.62. The van der Waals surface area contributed by atoms with Crippen molar-refractivity contribution in [2.45, 2.75) is 18.9 Å². The minimum atomic E-state index is 0.357. The summed E-state index contributed by atoms with van der Waals surface area (Å²) in [4.78, 5) is 4.72. The van der Waals surface area contributed by atoms with Crippen molar-refractivity contribution in [3.05, 3.63) is 24.0 Å². The molecule has 1 aliphatic heterocycles. The maximum absolute atomic E-state index is 5.90. The number of nitrogens with zero attached hydrogens (tertiary/aromatic N) is 2. The van der Waals surface area contributed by atoms with Gasteiger partial charge in [-0.05, 0) is 18.6 Å². The van der Waals surface area contributed by atoms with E-state index in [0.717, 1.165) is 48.7 Å². The quantitative estimate of drug-likeness (QED) is 0.808. The first-order chi connectivity index (χ1) is 9.35. The highest BCUT2D eigenvalue weighted by Gasteiger charge is 2.23. The summed E-state index contributed by atoms with van der Waals surface area (Å²) in [6.07, 6.45) is 1.79. The third-order valence-electron chi connectivity index (χ3n) is 3.56. The Labute approximate surface area is 117 Å². The molecule has 0 amide bonds. The molecule has 0 bridgehead atoms. The highest BCUT2D eigenvalue weighted by atomic mass is 35.5. The van der Waals surface area contributed by atoms with E-state index in [9.17, 15) is 0 Å². The molecule has 1 aromatic carbocycles. The first-order valence-electron chi connectivity index (χ1n) is 6.52. The minimum absolute atomic E-state index is 0.357. The van der Waals surface area contributed by atoms with Gasteiger partial charge in [0.15, 0.2) is 0 Å². The average Bonchev–Trinajstić information content (AvgIpc) is 3.04. The second kappa shape index (κ2) is 5.39. The molecule has 19 heavy (non-hydrogen) atoms. The van der Waals surface area contributed by atoms with Crippen LogP contribution in [0.1, 0.15) is 18.3 Å². The summed E-state index contributed by atoms with van der Waals surface area (Å²) < 4.78 is 13.2. The number of imidazole rings is 1. The van der Waals surface area contributed by atoms with E-state index in [2.05, 4.69) is 10.6 Å². The molecule has 4 nitrogen and oxygen atoms in total. The molecule has 0 aliphatic carbocycles. The van der Waals surface area contributed by atoms with E-state index in [1.807, 2.05) is 12.1 Å². The normalized spacial score (nSPS) is 19.2. The van der Waals surface area contributed by atoms with Crippen LogP contribution in [0.3, 0.4) is 0 Å². The molecule has 2 aromatic rings. The van der Waals surface area contributed by atoms with Crippen molar-refractivity contribution in [2.24, 2.45) is 0 Å². The number of hydrogen-bond donors (Lipinski definition) is 0. The van der Waals surface area contributed by atoms with Gasteiger partial charge in [0.25, 0.3) is 0 Å². The van der Waals surface area contributed by atoms with E-state index in [4.69, 9.17) is 26.1 Å². The molecular weight excluding hydrogens is 264 g/mol. The molecule has 1 atom stereocenters. The van der Waals surface area contributed by atoms with Crippen LogP contribution in [0.2, 0.25) is 0 Å². The number of ether oxygens (including phenoxy) is 2. The summed E-state index contributed by atoms with van der Waals surface area (Å²) >= 11 is 5.90. The van der Waals surface area contributed by atoms with Crippen molar-refractivity contribution in [3.8, 4) is 5.75 Å². The van der Waals surface area contributed by atoms with E-state index in [-0.39, 0.29) is 0 Å². The zero-order valence-electron chi connectivity index (χ0n) is 10.9. The molecule has 1 aromatic heterocycles. The Morgan fingerprint density at radius 1 is 1.53 bits per heavy atom. The predicted octanol–water partition coefficient (Wildman–Crippen LogP) is 2.79. The number of aromatic nitrogens is 2. The van der Waals surface area contributed by atoms with Crippen LogP contribution in [0.15, 0.2) is 18.2 Å². The van der Waals surface area contributed by atoms with Gasteiger partial charge in [0.2, 0.25) is 0 Å². The van der Waals surface area contributed by atoms with Gasteiger partial charge >= 0.3 is 0 Å². The Morgan fingerprint density at radius 2 is 2.42 bits per heavy atom. The van der Waals surface area contributed by atoms with Gasteiger partial charge in [-0.3, -0.25) is 0 Å². The highest BCUT2D eigenvalue weighted by molar-refractivity contribution is 6.17. The topological polar surface area (TPSA) is 36.3 Å². The van der Waals surface area contributed by atoms with Crippen molar-refractivity contribution in [1.82, 2.24) is 9.55 Å². The van der Waals surface area contributed by atoms with Crippen LogP contribution in [0.25, 0.3) is 11.0 Å². The van der Waals surface area contributed by atoms with E-state index in [1.54, 1.807) is 7.11 Å². The first kappa shape index (κ1) is 12.8. The number of rotatable bonds is 4.